The van der Waals surface area contributed by atoms with Crippen LogP contribution < -0.4 is 10.6 Å². The first-order chi connectivity index (χ1) is 12.7. The highest BCUT2D eigenvalue weighted by atomic mass is 16.2. The summed E-state index contributed by atoms with van der Waals surface area (Å²) < 4.78 is 0. The molecule has 2 amide bonds. The Morgan fingerprint density at radius 3 is 2.12 bits per heavy atom. The second-order valence-corrected chi connectivity index (χ2v) is 6.79. The van der Waals surface area contributed by atoms with E-state index in [0.29, 0.717) is 17.1 Å². The van der Waals surface area contributed by atoms with Gasteiger partial charge in [-0.3, -0.25) is 9.59 Å². The standard InChI is InChI=1S/C20H20N4O2/c25-19(13-6-7-13)21-16-10-11-17(24-23-15-4-2-1-3-5-15)18(12-16)22-20(26)14-8-9-14/h1-5,10-14H,6-9H2,(H,21,25)(H,22,26). The van der Waals surface area contributed by atoms with E-state index in [0.717, 1.165) is 31.4 Å². The topological polar surface area (TPSA) is 82.9 Å². The summed E-state index contributed by atoms with van der Waals surface area (Å²) in [4.78, 5) is 24.2. The van der Waals surface area contributed by atoms with Gasteiger partial charge in [-0.15, -0.1) is 5.11 Å². The summed E-state index contributed by atoms with van der Waals surface area (Å²) in [5.74, 6) is 0.227. The maximum absolute atomic E-state index is 12.2. The fourth-order valence-electron chi connectivity index (χ4n) is 2.58. The molecule has 2 fully saturated rings. The molecule has 2 N–H and O–H groups in total. The Morgan fingerprint density at radius 1 is 0.808 bits per heavy atom. The molecule has 0 radical (unpaired) electrons. The van der Waals surface area contributed by atoms with Crippen molar-refractivity contribution >= 4 is 34.6 Å². The lowest BCUT2D eigenvalue weighted by Gasteiger charge is -2.11. The Hall–Kier alpha value is -3.02. The number of nitrogens with one attached hydrogen (secondary N) is 2. The lowest BCUT2D eigenvalue weighted by Crippen LogP contribution is -2.15. The molecule has 6 heteroatoms. The first-order valence-electron chi connectivity index (χ1n) is 8.91. The van der Waals surface area contributed by atoms with Gasteiger partial charge in [0.2, 0.25) is 11.8 Å². The van der Waals surface area contributed by atoms with Crippen molar-refractivity contribution in [3.63, 3.8) is 0 Å². The van der Waals surface area contributed by atoms with Gasteiger partial charge in [-0.05, 0) is 56.0 Å². The third-order valence-corrected chi connectivity index (χ3v) is 4.45. The summed E-state index contributed by atoms with van der Waals surface area (Å²) in [6, 6.07) is 14.7. The van der Waals surface area contributed by atoms with E-state index < -0.39 is 0 Å². The number of carbonyl (C=O) groups excluding carboxylic acids is 2. The predicted molar refractivity (Wildman–Crippen MR) is 99.8 cm³/mol. The van der Waals surface area contributed by atoms with E-state index in [2.05, 4.69) is 20.9 Å². The summed E-state index contributed by atoms with van der Waals surface area (Å²) in [6.07, 6.45) is 3.73. The molecule has 2 saturated carbocycles. The van der Waals surface area contributed by atoms with Crippen LogP contribution in [-0.2, 0) is 9.59 Å². The molecule has 0 saturated heterocycles. The monoisotopic (exact) mass is 348 g/mol. The van der Waals surface area contributed by atoms with Crippen LogP contribution in [0.1, 0.15) is 25.7 Å². The quantitative estimate of drug-likeness (QED) is 0.735. The summed E-state index contributed by atoms with van der Waals surface area (Å²) in [7, 11) is 0. The minimum absolute atomic E-state index is 0.00756. The predicted octanol–water partition coefficient (Wildman–Crippen LogP) is 4.80. The Labute approximate surface area is 151 Å². The zero-order valence-corrected chi connectivity index (χ0v) is 14.3. The highest BCUT2D eigenvalue weighted by Gasteiger charge is 2.31. The van der Waals surface area contributed by atoms with E-state index in [1.54, 1.807) is 18.2 Å². The van der Waals surface area contributed by atoms with E-state index in [1.165, 1.54) is 0 Å². The summed E-state index contributed by atoms with van der Waals surface area (Å²) in [5, 5.41) is 14.3. The third-order valence-electron chi connectivity index (χ3n) is 4.45. The van der Waals surface area contributed by atoms with Gasteiger partial charge in [-0.25, -0.2) is 0 Å². The van der Waals surface area contributed by atoms with Gasteiger partial charge in [0.1, 0.15) is 5.69 Å². The maximum atomic E-state index is 12.2. The first-order valence-corrected chi connectivity index (χ1v) is 8.91. The SMILES string of the molecule is O=C(Nc1ccc(N=Nc2ccccc2)c(NC(=O)C2CC2)c1)C1CC1. The van der Waals surface area contributed by atoms with Gasteiger partial charge in [0.05, 0.1) is 11.4 Å². The molecule has 26 heavy (non-hydrogen) atoms. The van der Waals surface area contributed by atoms with Gasteiger partial charge in [0, 0.05) is 17.5 Å². The normalized spacial score (nSPS) is 16.5. The van der Waals surface area contributed by atoms with E-state index in [-0.39, 0.29) is 23.7 Å². The van der Waals surface area contributed by atoms with Crippen molar-refractivity contribution in [1.29, 1.82) is 0 Å². The first kappa shape index (κ1) is 16.4. The second-order valence-electron chi connectivity index (χ2n) is 6.79. The van der Waals surface area contributed by atoms with Crippen molar-refractivity contribution in [1.82, 2.24) is 0 Å². The fourth-order valence-corrected chi connectivity index (χ4v) is 2.58. The number of carbonyl (C=O) groups is 2. The number of benzene rings is 2. The van der Waals surface area contributed by atoms with Crippen LogP contribution in [0, 0.1) is 11.8 Å². The highest BCUT2D eigenvalue weighted by molar-refractivity contribution is 5.99. The van der Waals surface area contributed by atoms with Crippen LogP contribution in [0.2, 0.25) is 0 Å². The lowest BCUT2D eigenvalue weighted by atomic mass is 10.2. The molecule has 2 aromatic carbocycles. The van der Waals surface area contributed by atoms with Crippen molar-refractivity contribution in [2.45, 2.75) is 25.7 Å². The molecule has 0 aromatic heterocycles. The second kappa shape index (κ2) is 7.07. The molecule has 2 aliphatic rings. The maximum Gasteiger partial charge on any atom is 0.227 e. The van der Waals surface area contributed by atoms with Gasteiger partial charge >= 0.3 is 0 Å². The molecular weight excluding hydrogens is 328 g/mol. The van der Waals surface area contributed by atoms with E-state index in [9.17, 15) is 9.59 Å². The van der Waals surface area contributed by atoms with Crippen LogP contribution in [0.4, 0.5) is 22.7 Å². The van der Waals surface area contributed by atoms with Gasteiger partial charge < -0.3 is 10.6 Å². The van der Waals surface area contributed by atoms with Crippen LogP contribution in [0.25, 0.3) is 0 Å². The van der Waals surface area contributed by atoms with Crippen molar-refractivity contribution in [2.75, 3.05) is 10.6 Å². The van der Waals surface area contributed by atoms with Crippen molar-refractivity contribution in [3.05, 3.63) is 48.5 Å². The minimum atomic E-state index is -0.00756. The van der Waals surface area contributed by atoms with E-state index in [4.69, 9.17) is 0 Å². The summed E-state index contributed by atoms with van der Waals surface area (Å²) in [6.45, 7) is 0. The molecule has 0 heterocycles. The number of amides is 2. The van der Waals surface area contributed by atoms with E-state index in [1.807, 2.05) is 30.3 Å². The molecule has 0 aliphatic heterocycles. The van der Waals surface area contributed by atoms with Gasteiger partial charge in [-0.2, -0.15) is 5.11 Å². The molecule has 0 atom stereocenters. The average Bonchev–Trinajstić information content (AvgIpc) is 3.54. The van der Waals surface area contributed by atoms with Gasteiger partial charge in [0.25, 0.3) is 0 Å². The molecular formula is C20H20N4O2. The summed E-state index contributed by atoms with van der Waals surface area (Å²) >= 11 is 0. The number of anilines is 2. The molecule has 0 bridgehead atoms. The van der Waals surface area contributed by atoms with E-state index >= 15 is 0 Å². The van der Waals surface area contributed by atoms with Crippen LogP contribution in [0.3, 0.4) is 0 Å². The largest absolute Gasteiger partial charge is 0.326 e. The number of hydrogen-bond donors (Lipinski definition) is 2. The molecule has 0 unspecified atom stereocenters. The number of rotatable bonds is 6. The van der Waals surface area contributed by atoms with Crippen molar-refractivity contribution in [3.8, 4) is 0 Å². The van der Waals surface area contributed by atoms with Gasteiger partial charge in [0.15, 0.2) is 0 Å². The Morgan fingerprint density at radius 2 is 1.46 bits per heavy atom. The van der Waals surface area contributed by atoms with Crippen molar-refractivity contribution in [2.24, 2.45) is 22.1 Å². The zero-order valence-electron chi connectivity index (χ0n) is 14.3. The van der Waals surface area contributed by atoms with Gasteiger partial charge in [-0.1, -0.05) is 18.2 Å². The lowest BCUT2D eigenvalue weighted by molar-refractivity contribution is -0.118. The number of hydrogen-bond acceptors (Lipinski definition) is 4. The fraction of sp³-hybridized carbons (Fsp3) is 0.300. The molecule has 6 nitrogen and oxygen atoms in total. The molecule has 0 spiro atoms. The minimum Gasteiger partial charge on any atom is -0.326 e. The van der Waals surface area contributed by atoms with Crippen molar-refractivity contribution < 1.29 is 9.59 Å². The van der Waals surface area contributed by atoms with Crippen LogP contribution in [0.5, 0.6) is 0 Å². The molecule has 132 valence electrons. The smallest absolute Gasteiger partial charge is 0.227 e. The van der Waals surface area contributed by atoms with Crippen LogP contribution in [0.15, 0.2) is 58.8 Å². The molecule has 2 aliphatic carbocycles. The molecule has 2 aromatic rings. The highest BCUT2D eigenvalue weighted by Crippen LogP contribution is 2.35. The van der Waals surface area contributed by atoms with Crippen LogP contribution >= 0.6 is 0 Å². The number of azo groups is 1. The molecule has 4 rings (SSSR count). The van der Waals surface area contributed by atoms with Crippen LogP contribution in [-0.4, -0.2) is 11.8 Å². The Bertz CT molecular complexity index is 855. The average molecular weight is 348 g/mol. The Balaban J connectivity index is 1.57. The number of nitrogens with zero attached hydrogens (tertiary/aromatic N) is 2. The summed E-state index contributed by atoms with van der Waals surface area (Å²) in [5.41, 5.74) is 2.52. The third kappa shape index (κ3) is 4.14. The Kier molecular flexibility index (Phi) is 4.48. The zero-order chi connectivity index (χ0) is 17.9.